The predicted molar refractivity (Wildman–Crippen MR) is 88.6 cm³/mol. The van der Waals surface area contributed by atoms with Crippen LogP contribution in [0.4, 0.5) is 5.69 Å². The van der Waals surface area contributed by atoms with Gasteiger partial charge in [0.05, 0.1) is 40.1 Å². The Morgan fingerprint density at radius 1 is 1.39 bits per heavy atom. The highest BCUT2D eigenvalue weighted by Crippen LogP contribution is 2.38. The molecule has 0 unspecified atom stereocenters. The maximum absolute atomic E-state index is 9.99. The molecule has 1 atom stereocenters. The number of hydrogen-bond acceptors (Lipinski definition) is 5. The fourth-order valence-corrected chi connectivity index (χ4v) is 3.51. The van der Waals surface area contributed by atoms with E-state index in [9.17, 15) is 5.11 Å². The van der Waals surface area contributed by atoms with E-state index in [2.05, 4.69) is 25.9 Å². The van der Waals surface area contributed by atoms with Crippen molar-refractivity contribution in [3.05, 3.63) is 29.2 Å². The number of pyridine rings is 2. The van der Waals surface area contributed by atoms with Gasteiger partial charge in [-0.2, -0.15) is 5.26 Å². The molecule has 0 spiro atoms. The van der Waals surface area contributed by atoms with E-state index in [1.54, 1.807) is 18.5 Å². The zero-order valence-electron chi connectivity index (χ0n) is 12.3. The molecule has 1 aliphatic rings. The molecule has 0 saturated carbocycles. The van der Waals surface area contributed by atoms with Crippen LogP contribution in [-0.4, -0.2) is 39.3 Å². The second-order valence-corrected chi connectivity index (χ2v) is 6.18. The van der Waals surface area contributed by atoms with Crippen molar-refractivity contribution in [1.82, 2.24) is 15.0 Å². The fourth-order valence-electron chi connectivity index (χ4n) is 3.25. The zero-order valence-corrected chi connectivity index (χ0v) is 13.0. The predicted octanol–water partition coefficient (Wildman–Crippen LogP) is 2.60. The number of nitrogens with zero attached hydrogens (tertiary/aromatic N) is 4. The summed E-state index contributed by atoms with van der Waals surface area (Å²) in [4.78, 5) is 13.8. The standard InChI is InChI=1S/C16H14ClN5O/c17-12-6-20-16-14(15(12)22-3-1-2-10(23)8-22)11-4-9(5-18)19-7-13(11)21-16/h4,6-7,10,23H,1-3,8H2,(H,20,21)/t10-/m0/s1. The molecule has 0 aliphatic carbocycles. The molecule has 0 bridgehead atoms. The number of rotatable bonds is 1. The van der Waals surface area contributed by atoms with Gasteiger partial charge in [-0.25, -0.2) is 9.97 Å². The number of H-pyrrole nitrogens is 1. The number of aromatic nitrogens is 3. The summed E-state index contributed by atoms with van der Waals surface area (Å²) in [5, 5.41) is 21.4. The molecule has 116 valence electrons. The highest BCUT2D eigenvalue weighted by Gasteiger charge is 2.24. The molecule has 1 aliphatic heterocycles. The lowest BCUT2D eigenvalue weighted by Gasteiger charge is -2.33. The fraction of sp³-hybridized carbons (Fsp3) is 0.312. The molecule has 0 aromatic carbocycles. The molecule has 23 heavy (non-hydrogen) atoms. The number of nitriles is 1. The van der Waals surface area contributed by atoms with E-state index in [-0.39, 0.29) is 6.10 Å². The summed E-state index contributed by atoms with van der Waals surface area (Å²) >= 11 is 6.43. The number of nitrogens with one attached hydrogen (secondary N) is 1. The van der Waals surface area contributed by atoms with Crippen LogP contribution >= 0.6 is 11.6 Å². The van der Waals surface area contributed by atoms with Crippen molar-refractivity contribution in [1.29, 1.82) is 5.26 Å². The van der Waals surface area contributed by atoms with Crippen LogP contribution in [-0.2, 0) is 0 Å². The SMILES string of the molecule is N#Cc1cc2c(cn1)[nH]c1ncc(Cl)c(N3CCC[C@H](O)C3)c12. The third-order valence-electron chi connectivity index (χ3n) is 4.26. The van der Waals surface area contributed by atoms with E-state index in [1.165, 1.54) is 0 Å². The Balaban J connectivity index is 2.01. The molecular weight excluding hydrogens is 314 g/mol. The highest BCUT2D eigenvalue weighted by atomic mass is 35.5. The molecule has 0 amide bonds. The molecule has 2 N–H and O–H groups in total. The summed E-state index contributed by atoms with van der Waals surface area (Å²) in [6.45, 7) is 1.38. The topological polar surface area (TPSA) is 88.8 Å². The van der Waals surface area contributed by atoms with Crippen molar-refractivity contribution in [2.45, 2.75) is 18.9 Å². The minimum atomic E-state index is -0.357. The number of aliphatic hydroxyl groups excluding tert-OH is 1. The lowest BCUT2D eigenvalue weighted by atomic mass is 10.1. The lowest BCUT2D eigenvalue weighted by Crippen LogP contribution is -2.38. The van der Waals surface area contributed by atoms with Gasteiger partial charge in [-0.3, -0.25) is 0 Å². The number of aromatic amines is 1. The van der Waals surface area contributed by atoms with Gasteiger partial charge in [0.15, 0.2) is 0 Å². The number of aliphatic hydroxyl groups is 1. The third kappa shape index (κ3) is 2.29. The van der Waals surface area contributed by atoms with Crippen molar-refractivity contribution in [2.75, 3.05) is 18.0 Å². The van der Waals surface area contributed by atoms with Crippen molar-refractivity contribution in [3.63, 3.8) is 0 Å². The minimum Gasteiger partial charge on any atom is -0.391 e. The minimum absolute atomic E-state index is 0.350. The van der Waals surface area contributed by atoms with Gasteiger partial charge in [-0.1, -0.05) is 11.6 Å². The summed E-state index contributed by atoms with van der Waals surface area (Å²) in [5.74, 6) is 0. The van der Waals surface area contributed by atoms with Gasteiger partial charge >= 0.3 is 0 Å². The molecule has 4 rings (SSSR count). The van der Waals surface area contributed by atoms with Crippen molar-refractivity contribution < 1.29 is 5.11 Å². The Morgan fingerprint density at radius 3 is 3.04 bits per heavy atom. The second-order valence-electron chi connectivity index (χ2n) is 5.77. The van der Waals surface area contributed by atoms with Crippen molar-refractivity contribution >= 4 is 39.2 Å². The smallest absolute Gasteiger partial charge is 0.141 e. The van der Waals surface area contributed by atoms with Gasteiger partial charge in [0, 0.05) is 18.5 Å². The van der Waals surface area contributed by atoms with E-state index < -0.39 is 0 Å². The van der Waals surface area contributed by atoms with Gasteiger partial charge < -0.3 is 15.0 Å². The molecule has 3 aromatic heterocycles. The first-order valence-corrected chi connectivity index (χ1v) is 7.84. The van der Waals surface area contributed by atoms with Crippen LogP contribution in [0.25, 0.3) is 21.9 Å². The number of hydrogen-bond donors (Lipinski definition) is 2. The highest BCUT2D eigenvalue weighted by molar-refractivity contribution is 6.35. The van der Waals surface area contributed by atoms with Crippen LogP contribution in [0.1, 0.15) is 18.5 Å². The van der Waals surface area contributed by atoms with Crippen LogP contribution in [0, 0.1) is 11.3 Å². The molecule has 4 heterocycles. The summed E-state index contributed by atoms with van der Waals surface area (Å²) in [6, 6.07) is 3.81. The van der Waals surface area contributed by atoms with E-state index >= 15 is 0 Å². The van der Waals surface area contributed by atoms with Gasteiger partial charge in [0.2, 0.25) is 0 Å². The van der Waals surface area contributed by atoms with Crippen LogP contribution in [0.15, 0.2) is 18.5 Å². The third-order valence-corrected chi connectivity index (χ3v) is 4.54. The molecular formula is C16H14ClN5O. The summed E-state index contributed by atoms with van der Waals surface area (Å²) in [6.07, 6.45) is 4.62. The van der Waals surface area contributed by atoms with E-state index in [4.69, 9.17) is 16.9 Å². The number of β-amino-alcohol motifs (C(OH)–C–C–N with tert-alkyl or cyclic N) is 1. The van der Waals surface area contributed by atoms with Crippen LogP contribution < -0.4 is 4.90 Å². The Hall–Kier alpha value is -2.36. The lowest BCUT2D eigenvalue weighted by molar-refractivity contribution is 0.154. The molecule has 0 radical (unpaired) electrons. The summed E-state index contributed by atoms with van der Waals surface area (Å²) in [7, 11) is 0. The monoisotopic (exact) mass is 327 g/mol. The second kappa shape index (κ2) is 5.37. The zero-order chi connectivity index (χ0) is 16.0. The average molecular weight is 328 g/mol. The first kappa shape index (κ1) is 14.2. The molecule has 7 heteroatoms. The van der Waals surface area contributed by atoms with Gasteiger partial charge in [0.25, 0.3) is 0 Å². The number of halogens is 1. The number of fused-ring (bicyclic) bond motifs is 3. The largest absolute Gasteiger partial charge is 0.391 e. The van der Waals surface area contributed by atoms with Crippen molar-refractivity contribution in [3.8, 4) is 6.07 Å². The number of anilines is 1. The Labute approximate surface area is 137 Å². The summed E-state index contributed by atoms with van der Waals surface area (Å²) < 4.78 is 0. The van der Waals surface area contributed by atoms with E-state index in [1.807, 2.05) is 0 Å². The van der Waals surface area contributed by atoms with Gasteiger partial charge in [-0.05, 0) is 18.9 Å². The maximum Gasteiger partial charge on any atom is 0.141 e. The van der Waals surface area contributed by atoms with Gasteiger partial charge in [0.1, 0.15) is 17.4 Å². The Bertz CT molecular complexity index is 945. The average Bonchev–Trinajstić information content (AvgIpc) is 2.92. The van der Waals surface area contributed by atoms with Crippen LogP contribution in [0.3, 0.4) is 0 Å². The number of piperidine rings is 1. The molecule has 6 nitrogen and oxygen atoms in total. The first-order valence-electron chi connectivity index (χ1n) is 7.46. The van der Waals surface area contributed by atoms with E-state index in [0.717, 1.165) is 41.4 Å². The Kier molecular flexibility index (Phi) is 3.33. The normalized spacial score (nSPS) is 18.5. The molecule has 1 fully saturated rings. The quantitative estimate of drug-likeness (QED) is 0.717. The van der Waals surface area contributed by atoms with Crippen molar-refractivity contribution in [2.24, 2.45) is 0 Å². The maximum atomic E-state index is 9.99. The van der Waals surface area contributed by atoms with Gasteiger partial charge in [-0.15, -0.1) is 0 Å². The molecule has 1 saturated heterocycles. The van der Waals surface area contributed by atoms with E-state index in [0.29, 0.717) is 22.9 Å². The van der Waals surface area contributed by atoms with Crippen LogP contribution in [0.2, 0.25) is 5.02 Å². The van der Waals surface area contributed by atoms with Crippen LogP contribution in [0.5, 0.6) is 0 Å². The Morgan fingerprint density at radius 2 is 2.26 bits per heavy atom. The molecule has 3 aromatic rings. The first-order chi connectivity index (χ1) is 11.2. The summed E-state index contributed by atoms with van der Waals surface area (Å²) in [5.41, 5.74) is 2.73.